The van der Waals surface area contributed by atoms with Gasteiger partial charge in [0.2, 0.25) is 5.91 Å². The number of nitrogens with one attached hydrogen (secondary N) is 1. The Morgan fingerprint density at radius 3 is 2.30 bits per heavy atom. The van der Waals surface area contributed by atoms with E-state index < -0.39 is 0 Å². The Kier molecular flexibility index (Phi) is 8.00. The number of nitrogens with zero attached hydrogens (tertiary/aromatic N) is 2. The summed E-state index contributed by atoms with van der Waals surface area (Å²) in [4.78, 5) is 29.5. The van der Waals surface area contributed by atoms with Gasteiger partial charge < -0.3 is 19.9 Å². The van der Waals surface area contributed by atoms with Crippen LogP contribution in [0.3, 0.4) is 0 Å². The van der Waals surface area contributed by atoms with Gasteiger partial charge in [0, 0.05) is 31.6 Å². The van der Waals surface area contributed by atoms with Gasteiger partial charge in [-0.15, -0.1) is 0 Å². The van der Waals surface area contributed by atoms with Crippen molar-refractivity contribution in [3.63, 3.8) is 0 Å². The highest BCUT2D eigenvalue weighted by Gasteiger charge is 2.32. The number of ether oxygens (including phenoxy) is 1. The van der Waals surface area contributed by atoms with Crippen molar-refractivity contribution in [3.8, 4) is 5.75 Å². The highest BCUT2D eigenvalue weighted by atomic mass is 16.5. The summed E-state index contributed by atoms with van der Waals surface area (Å²) in [5.41, 5.74) is 1.16. The second-order valence-corrected chi connectivity index (χ2v) is 8.42. The Morgan fingerprint density at radius 2 is 1.70 bits per heavy atom. The monoisotopic (exact) mass is 415 g/mol. The molecule has 0 aromatic heterocycles. The van der Waals surface area contributed by atoms with E-state index in [0.29, 0.717) is 6.61 Å². The Bertz CT molecular complexity index is 694. The lowest BCUT2D eigenvalue weighted by Crippen LogP contribution is -2.50. The number of amides is 3. The Hall–Kier alpha value is -2.24. The quantitative estimate of drug-likeness (QED) is 0.720. The third-order valence-corrected chi connectivity index (χ3v) is 6.56. The fraction of sp³-hybridized carbons (Fsp3) is 0.667. The molecule has 0 saturated carbocycles. The lowest BCUT2D eigenvalue weighted by atomic mass is 9.98. The molecule has 2 fully saturated rings. The first kappa shape index (κ1) is 22.4. The van der Waals surface area contributed by atoms with E-state index in [0.717, 1.165) is 69.5 Å². The number of urea groups is 1. The molecule has 6 heteroatoms. The predicted octanol–water partition coefficient (Wildman–Crippen LogP) is 4.36. The number of hydrogen-bond acceptors (Lipinski definition) is 3. The van der Waals surface area contributed by atoms with Gasteiger partial charge in [-0.05, 0) is 63.1 Å². The number of rotatable bonds is 7. The molecule has 0 radical (unpaired) electrons. The summed E-state index contributed by atoms with van der Waals surface area (Å²) in [6.45, 7) is 9.05. The van der Waals surface area contributed by atoms with E-state index in [1.807, 2.05) is 28.9 Å². The third kappa shape index (κ3) is 5.27. The van der Waals surface area contributed by atoms with Crippen LogP contribution in [0.15, 0.2) is 24.3 Å². The van der Waals surface area contributed by atoms with Crippen molar-refractivity contribution in [3.05, 3.63) is 29.8 Å². The smallest absolute Gasteiger partial charge is 0.318 e. The van der Waals surface area contributed by atoms with Gasteiger partial charge in [0.1, 0.15) is 5.75 Å². The molecule has 0 bridgehead atoms. The maximum Gasteiger partial charge on any atom is 0.318 e. The number of likely N-dealkylation sites (tertiary alicyclic amines) is 2. The van der Waals surface area contributed by atoms with Crippen LogP contribution >= 0.6 is 0 Å². The van der Waals surface area contributed by atoms with Gasteiger partial charge in [-0.1, -0.05) is 26.0 Å². The second-order valence-electron chi connectivity index (χ2n) is 8.42. The molecule has 1 atom stereocenters. The maximum absolute atomic E-state index is 13.0. The molecule has 1 aromatic carbocycles. The van der Waals surface area contributed by atoms with Crippen molar-refractivity contribution in [2.45, 2.75) is 71.4 Å². The van der Waals surface area contributed by atoms with Gasteiger partial charge in [0.25, 0.3) is 0 Å². The number of benzene rings is 1. The molecule has 1 N–H and O–H groups in total. The van der Waals surface area contributed by atoms with Crippen LogP contribution < -0.4 is 10.1 Å². The van der Waals surface area contributed by atoms with Crippen LogP contribution in [0, 0.1) is 5.92 Å². The van der Waals surface area contributed by atoms with E-state index in [2.05, 4.69) is 31.3 Å². The summed E-state index contributed by atoms with van der Waals surface area (Å²) < 4.78 is 5.53. The Morgan fingerprint density at radius 1 is 1.03 bits per heavy atom. The molecule has 3 rings (SSSR count). The fourth-order valence-electron chi connectivity index (χ4n) is 4.71. The number of hydrogen-bond donors (Lipinski definition) is 1. The number of carbonyl (C=O) groups excluding carboxylic acids is 2. The van der Waals surface area contributed by atoms with Gasteiger partial charge in [-0.3, -0.25) is 4.79 Å². The summed E-state index contributed by atoms with van der Waals surface area (Å²) in [5.74, 6) is 1.28. The van der Waals surface area contributed by atoms with Crippen molar-refractivity contribution in [2.24, 2.45) is 5.92 Å². The molecule has 2 aliphatic heterocycles. The van der Waals surface area contributed by atoms with Crippen LogP contribution in [0.2, 0.25) is 0 Å². The molecule has 3 amide bonds. The molecule has 1 unspecified atom stereocenters. The zero-order chi connectivity index (χ0) is 21.5. The zero-order valence-corrected chi connectivity index (χ0v) is 18.7. The summed E-state index contributed by atoms with van der Waals surface area (Å²) in [6.07, 6.45) is 5.47. The molecule has 166 valence electrons. The molecule has 0 aliphatic carbocycles. The fourth-order valence-corrected chi connectivity index (χ4v) is 4.71. The van der Waals surface area contributed by atoms with E-state index in [1.54, 1.807) is 0 Å². The summed E-state index contributed by atoms with van der Waals surface area (Å²) in [5, 5.41) is 3.23. The van der Waals surface area contributed by atoms with Crippen molar-refractivity contribution in [1.29, 1.82) is 0 Å². The lowest BCUT2D eigenvalue weighted by molar-refractivity contribution is -0.136. The first-order valence-corrected chi connectivity index (χ1v) is 11.7. The van der Waals surface area contributed by atoms with Crippen LogP contribution in [0.5, 0.6) is 5.75 Å². The normalized spacial score (nSPS) is 19.9. The molecule has 2 heterocycles. The van der Waals surface area contributed by atoms with Crippen LogP contribution in [0.1, 0.15) is 70.9 Å². The van der Waals surface area contributed by atoms with Gasteiger partial charge in [-0.2, -0.15) is 0 Å². The third-order valence-electron chi connectivity index (χ3n) is 6.56. The lowest BCUT2D eigenvalue weighted by Gasteiger charge is -2.35. The largest absolute Gasteiger partial charge is 0.494 e. The molecular formula is C24H37N3O3. The number of piperidine rings is 1. The Balaban J connectivity index is 1.52. The Labute approximate surface area is 180 Å². The first-order valence-electron chi connectivity index (χ1n) is 11.7. The van der Waals surface area contributed by atoms with E-state index in [4.69, 9.17) is 4.74 Å². The summed E-state index contributed by atoms with van der Waals surface area (Å²) in [6, 6.07) is 8.41. The molecule has 0 spiro atoms. The average Bonchev–Trinajstić information content (AvgIpc) is 3.26. The van der Waals surface area contributed by atoms with Gasteiger partial charge >= 0.3 is 6.03 Å². The minimum Gasteiger partial charge on any atom is -0.494 e. The van der Waals surface area contributed by atoms with Crippen LogP contribution in [-0.4, -0.2) is 54.0 Å². The highest BCUT2D eigenvalue weighted by molar-refractivity contribution is 5.79. The molecular weight excluding hydrogens is 378 g/mol. The number of carbonyl (C=O) groups is 2. The van der Waals surface area contributed by atoms with Crippen molar-refractivity contribution >= 4 is 11.9 Å². The minimum absolute atomic E-state index is 0.0242. The van der Waals surface area contributed by atoms with Gasteiger partial charge in [0.05, 0.1) is 12.6 Å². The topological polar surface area (TPSA) is 61.9 Å². The maximum atomic E-state index is 13.0. The average molecular weight is 416 g/mol. The van der Waals surface area contributed by atoms with E-state index >= 15 is 0 Å². The minimum atomic E-state index is 0.0242. The summed E-state index contributed by atoms with van der Waals surface area (Å²) in [7, 11) is 0. The molecule has 6 nitrogen and oxygen atoms in total. The summed E-state index contributed by atoms with van der Waals surface area (Å²) >= 11 is 0. The van der Waals surface area contributed by atoms with Crippen LogP contribution in [-0.2, 0) is 4.79 Å². The molecule has 1 aromatic rings. The van der Waals surface area contributed by atoms with E-state index in [9.17, 15) is 9.59 Å². The van der Waals surface area contributed by atoms with Crippen LogP contribution in [0.25, 0.3) is 0 Å². The second kappa shape index (κ2) is 10.7. The van der Waals surface area contributed by atoms with Gasteiger partial charge in [-0.25, -0.2) is 4.79 Å². The first-order chi connectivity index (χ1) is 14.6. The molecule has 2 aliphatic rings. The van der Waals surface area contributed by atoms with Crippen molar-refractivity contribution in [1.82, 2.24) is 15.1 Å². The predicted molar refractivity (Wildman–Crippen MR) is 118 cm³/mol. The zero-order valence-electron chi connectivity index (χ0n) is 18.7. The SMILES string of the molecule is CCOc1ccc(C2CCCN2C(=O)NC2CCN(C(=O)C(CC)CC)CC2)cc1. The molecule has 30 heavy (non-hydrogen) atoms. The molecule has 2 saturated heterocycles. The van der Waals surface area contributed by atoms with E-state index in [1.165, 1.54) is 0 Å². The van der Waals surface area contributed by atoms with Crippen molar-refractivity contribution < 1.29 is 14.3 Å². The van der Waals surface area contributed by atoms with Crippen molar-refractivity contribution in [2.75, 3.05) is 26.2 Å². The highest BCUT2D eigenvalue weighted by Crippen LogP contribution is 2.33. The van der Waals surface area contributed by atoms with E-state index in [-0.39, 0.29) is 29.9 Å². The standard InChI is InChI=1S/C24H37N3O3/c1-4-18(5-2)23(28)26-16-13-20(14-17-26)25-24(29)27-15-7-8-22(27)19-9-11-21(12-10-19)30-6-3/h9-12,18,20,22H,4-8,13-17H2,1-3H3,(H,25,29). The van der Waals surface area contributed by atoms with Crippen LogP contribution in [0.4, 0.5) is 4.79 Å². The van der Waals surface area contributed by atoms with Gasteiger partial charge in [0.15, 0.2) is 0 Å².